The number of rotatable bonds is 4. The van der Waals surface area contributed by atoms with Gasteiger partial charge in [-0.2, -0.15) is 0 Å². The van der Waals surface area contributed by atoms with Gasteiger partial charge in [0.05, 0.1) is 0 Å². The highest BCUT2D eigenvalue weighted by Gasteiger charge is 2.12. The summed E-state index contributed by atoms with van der Waals surface area (Å²) in [5, 5.41) is 7.45. The van der Waals surface area contributed by atoms with Crippen LogP contribution in [-0.2, 0) is 6.42 Å². The van der Waals surface area contributed by atoms with Crippen molar-refractivity contribution in [3.8, 4) is 0 Å². The van der Waals surface area contributed by atoms with Crippen molar-refractivity contribution in [2.24, 2.45) is 0 Å². The van der Waals surface area contributed by atoms with Gasteiger partial charge in [-0.1, -0.05) is 68.3 Å². The molecule has 26 heavy (non-hydrogen) atoms. The molecule has 1 nitrogen and oxygen atoms in total. The van der Waals surface area contributed by atoms with Crippen molar-refractivity contribution in [1.29, 1.82) is 0 Å². The lowest BCUT2D eigenvalue weighted by Crippen LogP contribution is -1.84. The molecule has 0 aliphatic rings. The van der Waals surface area contributed by atoms with Gasteiger partial charge in [-0.05, 0) is 52.8 Å². The molecule has 0 radical (unpaired) electrons. The third kappa shape index (κ3) is 2.39. The first kappa shape index (κ1) is 15.5. The Morgan fingerprint density at radius 2 is 1.46 bits per heavy atom. The lowest BCUT2D eigenvalue weighted by atomic mass is 9.99. The molecule has 0 amide bonds. The first-order valence-corrected chi connectivity index (χ1v) is 9.61. The minimum atomic E-state index is 1.01. The Kier molecular flexibility index (Phi) is 3.67. The Morgan fingerprint density at radius 1 is 0.692 bits per heavy atom. The van der Waals surface area contributed by atoms with Gasteiger partial charge in [-0.15, -0.1) is 0 Å². The number of unbranched alkanes of at least 4 members (excludes halogenated alkanes) is 2. The number of aryl methyl sites for hydroxylation is 1. The maximum Gasteiger partial charge on any atom is 0.143 e. The van der Waals surface area contributed by atoms with Crippen LogP contribution in [0.4, 0.5) is 0 Å². The van der Waals surface area contributed by atoms with E-state index in [-0.39, 0.29) is 0 Å². The molecule has 128 valence electrons. The van der Waals surface area contributed by atoms with Crippen LogP contribution in [0.1, 0.15) is 31.7 Å². The maximum atomic E-state index is 6.36. The molecule has 5 rings (SSSR count). The third-order valence-corrected chi connectivity index (χ3v) is 5.49. The van der Waals surface area contributed by atoms with Crippen molar-refractivity contribution < 1.29 is 4.42 Å². The molecule has 0 saturated heterocycles. The molecular formula is C25H22O. The fourth-order valence-corrected chi connectivity index (χ4v) is 4.10. The Morgan fingerprint density at radius 3 is 2.38 bits per heavy atom. The second-order valence-electron chi connectivity index (χ2n) is 7.21. The lowest BCUT2D eigenvalue weighted by molar-refractivity contribution is 0.670. The SMILES string of the molecule is CCCCCc1ccc2c(c1)oc1c2ccc2c3ccccc3ccc21. The zero-order valence-corrected chi connectivity index (χ0v) is 15.1. The number of benzene rings is 4. The van der Waals surface area contributed by atoms with Gasteiger partial charge in [0.15, 0.2) is 0 Å². The standard InChI is InChI=1S/C25H22O/c1-2-3-4-7-17-10-12-21-23-15-14-20-19-9-6-5-8-18(19)11-13-22(20)25(23)26-24(21)16-17/h5-6,8-16H,2-4,7H2,1H3. The highest BCUT2D eigenvalue weighted by atomic mass is 16.3. The Bertz CT molecular complexity index is 1240. The van der Waals surface area contributed by atoms with E-state index >= 15 is 0 Å². The van der Waals surface area contributed by atoms with Gasteiger partial charge in [0.1, 0.15) is 11.2 Å². The van der Waals surface area contributed by atoms with E-state index in [0.717, 1.165) is 17.6 Å². The topological polar surface area (TPSA) is 13.1 Å². The monoisotopic (exact) mass is 338 g/mol. The zero-order valence-electron chi connectivity index (χ0n) is 15.1. The second-order valence-corrected chi connectivity index (χ2v) is 7.21. The van der Waals surface area contributed by atoms with Gasteiger partial charge < -0.3 is 4.42 Å². The van der Waals surface area contributed by atoms with E-state index in [1.54, 1.807) is 0 Å². The average molecular weight is 338 g/mol. The van der Waals surface area contributed by atoms with Gasteiger partial charge in [0.25, 0.3) is 0 Å². The van der Waals surface area contributed by atoms with Crippen LogP contribution in [-0.4, -0.2) is 0 Å². The second kappa shape index (κ2) is 6.17. The van der Waals surface area contributed by atoms with Gasteiger partial charge in [0, 0.05) is 16.2 Å². The summed E-state index contributed by atoms with van der Waals surface area (Å²) in [7, 11) is 0. The van der Waals surface area contributed by atoms with Crippen molar-refractivity contribution in [3.63, 3.8) is 0 Å². The van der Waals surface area contributed by atoms with Crippen LogP contribution in [0.15, 0.2) is 71.1 Å². The largest absolute Gasteiger partial charge is 0.455 e. The molecule has 1 aromatic heterocycles. The Labute approximate surface area is 153 Å². The summed E-state index contributed by atoms with van der Waals surface area (Å²) in [4.78, 5) is 0. The fraction of sp³-hybridized carbons (Fsp3) is 0.200. The molecule has 5 aromatic rings. The van der Waals surface area contributed by atoms with Gasteiger partial charge in [-0.3, -0.25) is 0 Å². The van der Waals surface area contributed by atoms with Gasteiger partial charge in [-0.25, -0.2) is 0 Å². The van der Waals surface area contributed by atoms with E-state index in [9.17, 15) is 0 Å². The van der Waals surface area contributed by atoms with Crippen molar-refractivity contribution in [1.82, 2.24) is 0 Å². The number of hydrogen-bond donors (Lipinski definition) is 0. The zero-order chi connectivity index (χ0) is 17.5. The molecule has 0 aliphatic heterocycles. The third-order valence-electron chi connectivity index (χ3n) is 5.49. The molecule has 0 atom stereocenters. The van der Waals surface area contributed by atoms with Crippen molar-refractivity contribution in [3.05, 3.63) is 72.3 Å². The van der Waals surface area contributed by atoms with Gasteiger partial charge >= 0.3 is 0 Å². The Hall–Kier alpha value is -2.80. The van der Waals surface area contributed by atoms with E-state index in [1.165, 1.54) is 57.1 Å². The van der Waals surface area contributed by atoms with E-state index in [0.29, 0.717) is 0 Å². The summed E-state index contributed by atoms with van der Waals surface area (Å²) in [5.41, 5.74) is 3.39. The quantitative estimate of drug-likeness (QED) is 0.242. The maximum absolute atomic E-state index is 6.36. The van der Waals surface area contributed by atoms with Crippen LogP contribution in [0.3, 0.4) is 0 Å². The highest BCUT2D eigenvalue weighted by molar-refractivity contribution is 6.20. The molecular weight excluding hydrogens is 316 g/mol. The molecule has 0 fully saturated rings. The summed E-state index contributed by atoms with van der Waals surface area (Å²) in [6, 6.07) is 24.1. The molecule has 4 aromatic carbocycles. The van der Waals surface area contributed by atoms with Crippen molar-refractivity contribution in [2.45, 2.75) is 32.6 Å². The summed E-state index contributed by atoms with van der Waals surface area (Å²) in [6.45, 7) is 2.25. The first-order valence-electron chi connectivity index (χ1n) is 9.61. The molecule has 0 saturated carbocycles. The van der Waals surface area contributed by atoms with E-state index in [4.69, 9.17) is 4.42 Å². The van der Waals surface area contributed by atoms with Crippen LogP contribution >= 0.6 is 0 Å². The summed E-state index contributed by atoms with van der Waals surface area (Å²) in [6.07, 6.45) is 4.92. The lowest BCUT2D eigenvalue weighted by Gasteiger charge is -2.04. The van der Waals surface area contributed by atoms with E-state index in [1.807, 2.05) is 0 Å². The predicted octanol–water partition coefficient (Wildman–Crippen LogP) is 7.63. The van der Waals surface area contributed by atoms with Crippen LogP contribution in [0, 0.1) is 0 Å². The minimum Gasteiger partial charge on any atom is -0.455 e. The van der Waals surface area contributed by atoms with E-state index in [2.05, 4.69) is 73.7 Å². The predicted molar refractivity (Wildman–Crippen MR) is 112 cm³/mol. The molecule has 0 unspecified atom stereocenters. The molecule has 0 spiro atoms. The van der Waals surface area contributed by atoms with Crippen LogP contribution in [0.2, 0.25) is 0 Å². The summed E-state index contributed by atoms with van der Waals surface area (Å²) in [5.74, 6) is 0. The minimum absolute atomic E-state index is 1.01. The molecule has 1 heteroatoms. The average Bonchev–Trinajstić information content (AvgIpc) is 3.06. The first-order chi connectivity index (χ1) is 12.8. The molecule has 0 N–H and O–H groups in total. The van der Waals surface area contributed by atoms with Crippen LogP contribution in [0.25, 0.3) is 43.5 Å². The van der Waals surface area contributed by atoms with Crippen LogP contribution < -0.4 is 0 Å². The van der Waals surface area contributed by atoms with Crippen molar-refractivity contribution in [2.75, 3.05) is 0 Å². The summed E-state index contributed by atoms with van der Waals surface area (Å²) < 4.78 is 6.36. The number of hydrogen-bond acceptors (Lipinski definition) is 1. The number of fused-ring (bicyclic) bond motifs is 7. The molecule has 1 heterocycles. The van der Waals surface area contributed by atoms with E-state index < -0.39 is 0 Å². The molecule has 0 aliphatic carbocycles. The Balaban J connectivity index is 1.73. The molecule has 0 bridgehead atoms. The smallest absolute Gasteiger partial charge is 0.143 e. The fourth-order valence-electron chi connectivity index (χ4n) is 4.10. The number of furan rings is 1. The highest BCUT2D eigenvalue weighted by Crippen LogP contribution is 2.37. The normalized spacial score (nSPS) is 11.9. The van der Waals surface area contributed by atoms with Crippen LogP contribution in [0.5, 0.6) is 0 Å². The van der Waals surface area contributed by atoms with Crippen molar-refractivity contribution >= 4 is 43.5 Å². The summed E-state index contributed by atoms with van der Waals surface area (Å²) >= 11 is 0. The van der Waals surface area contributed by atoms with Gasteiger partial charge in [0.2, 0.25) is 0 Å².